The van der Waals surface area contributed by atoms with Gasteiger partial charge in [-0.2, -0.15) is 4.90 Å². The van der Waals surface area contributed by atoms with Crippen LogP contribution in [-0.2, 0) is 9.47 Å². The second-order valence-corrected chi connectivity index (χ2v) is 7.54. The molecule has 6 nitrogen and oxygen atoms in total. The zero-order valence-corrected chi connectivity index (χ0v) is 15.4. The third-order valence-corrected chi connectivity index (χ3v) is 2.55. The van der Waals surface area contributed by atoms with Gasteiger partial charge in [0.2, 0.25) is 0 Å². The maximum Gasteiger partial charge on any atom is 0.424 e. The zero-order valence-electron chi connectivity index (χ0n) is 13.9. The van der Waals surface area contributed by atoms with E-state index < -0.39 is 23.4 Å². The summed E-state index contributed by atoms with van der Waals surface area (Å²) in [4.78, 5) is 29.3. The zero-order chi connectivity index (χ0) is 18.0. The van der Waals surface area contributed by atoms with Crippen LogP contribution in [0.1, 0.15) is 41.5 Å². The molecule has 1 aromatic heterocycles. The van der Waals surface area contributed by atoms with E-state index in [4.69, 9.17) is 32.7 Å². The highest BCUT2D eigenvalue weighted by molar-refractivity contribution is 6.33. The van der Waals surface area contributed by atoms with Crippen LogP contribution in [0.15, 0.2) is 12.1 Å². The number of rotatable bonds is 1. The minimum absolute atomic E-state index is 0.0321. The molecular formula is C15H20Cl2N2O4. The summed E-state index contributed by atoms with van der Waals surface area (Å²) in [6.45, 7) is 10.1. The van der Waals surface area contributed by atoms with E-state index in [1.807, 2.05) is 0 Å². The van der Waals surface area contributed by atoms with Crippen LogP contribution in [0.2, 0.25) is 10.3 Å². The molecule has 1 rings (SSSR count). The SMILES string of the molecule is CC(C)(C)OC(=O)N(C(=O)OC(C)(C)C)c1cc(Cl)nc(Cl)c1. The van der Waals surface area contributed by atoms with E-state index in [1.54, 1.807) is 41.5 Å². The van der Waals surface area contributed by atoms with Crippen LogP contribution in [0.3, 0.4) is 0 Å². The van der Waals surface area contributed by atoms with E-state index in [9.17, 15) is 9.59 Å². The number of carbonyl (C=O) groups is 2. The van der Waals surface area contributed by atoms with Crippen molar-refractivity contribution in [3.63, 3.8) is 0 Å². The highest BCUT2D eigenvalue weighted by Gasteiger charge is 2.33. The number of carbonyl (C=O) groups excluding carboxylic acids is 2. The van der Waals surface area contributed by atoms with E-state index in [2.05, 4.69) is 4.98 Å². The van der Waals surface area contributed by atoms with E-state index in [0.717, 1.165) is 4.90 Å². The summed E-state index contributed by atoms with van der Waals surface area (Å²) in [6.07, 6.45) is -1.80. The fourth-order valence-electron chi connectivity index (χ4n) is 1.48. The first-order valence-electron chi connectivity index (χ1n) is 6.88. The smallest absolute Gasteiger partial charge is 0.424 e. The summed E-state index contributed by atoms with van der Waals surface area (Å²) in [5.74, 6) is 0. The number of anilines is 1. The predicted octanol–water partition coefficient (Wildman–Crippen LogP) is 5.07. The fraction of sp³-hybridized carbons (Fsp3) is 0.533. The largest absolute Gasteiger partial charge is 0.443 e. The third kappa shape index (κ3) is 6.62. The lowest BCUT2D eigenvalue weighted by atomic mass is 10.2. The Hall–Kier alpha value is -1.53. The maximum absolute atomic E-state index is 12.4. The number of amides is 2. The van der Waals surface area contributed by atoms with Gasteiger partial charge < -0.3 is 9.47 Å². The average Bonchev–Trinajstić information content (AvgIpc) is 2.21. The van der Waals surface area contributed by atoms with E-state index in [1.165, 1.54) is 12.1 Å². The van der Waals surface area contributed by atoms with Gasteiger partial charge in [0.25, 0.3) is 0 Å². The van der Waals surface area contributed by atoms with Crippen molar-refractivity contribution in [3.8, 4) is 0 Å². The standard InChI is InChI=1S/C15H20Cl2N2O4/c1-14(2,3)22-12(20)19(13(21)23-15(4,5)6)9-7-10(16)18-11(17)8-9/h7-8H,1-6H3. The summed E-state index contributed by atoms with van der Waals surface area (Å²) >= 11 is 11.7. The number of nitrogens with zero attached hydrogens (tertiary/aromatic N) is 2. The van der Waals surface area contributed by atoms with E-state index >= 15 is 0 Å². The molecule has 0 aliphatic heterocycles. The van der Waals surface area contributed by atoms with Crippen LogP contribution in [0.4, 0.5) is 15.3 Å². The van der Waals surface area contributed by atoms with Crippen molar-refractivity contribution in [3.05, 3.63) is 22.4 Å². The normalized spacial score (nSPS) is 11.8. The Kier molecular flexibility index (Phi) is 5.88. The molecule has 0 fully saturated rings. The van der Waals surface area contributed by atoms with Crippen molar-refractivity contribution < 1.29 is 19.1 Å². The van der Waals surface area contributed by atoms with Crippen LogP contribution in [-0.4, -0.2) is 28.4 Å². The number of hydrogen-bond acceptors (Lipinski definition) is 5. The summed E-state index contributed by atoms with van der Waals surface area (Å²) in [7, 11) is 0. The van der Waals surface area contributed by atoms with Crippen LogP contribution in [0, 0.1) is 0 Å². The number of imide groups is 1. The molecule has 1 heterocycles. The molecule has 0 unspecified atom stereocenters. The van der Waals surface area contributed by atoms with Gasteiger partial charge in [-0.05, 0) is 41.5 Å². The Bertz CT molecular complexity index is 558. The van der Waals surface area contributed by atoms with Gasteiger partial charge in [-0.1, -0.05) is 23.2 Å². The average molecular weight is 363 g/mol. The number of hydrogen-bond donors (Lipinski definition) is 0. The summed E-state index contributed by atoms with van der Waals surface area (Å²) in [6, 6.07) is 2.64. The molecule has 128 valence electrons. The molecule has 0 saturated heterocycles. The highest BCUT2D eigenvalue weighted by atomic mass is 35.5. The molecule has 0 radical (unpaired) electrons. The quantitative estimate of drug-likeness (QED) is 0.652. The van der Waals surface area contributed by atoms with Gasteiger partial charge in [0.15, 0.2) is 0 Å². The minimum Gasteiger partial charge on any atom is -0.443 e. The lowest BCUT2D eigenvalue weighted by molar-refractivity contribution is 0.0431. The lowest BCUT2D eigenvalue weighted by Gasteiger charge is -2.28. The lowest BCUT2D eigenvalue weighted by Crippen LogP contribution is -2.43. The van der Waals surface area contributed by atoms with Crippen molar-refractivity contribution in [2.75, 3.05) is 4.90 Å². The number of ether oxygens (including phenoxy) is 2. The minimum atomic E-state index is -0.898. The molecule has 0 aromatic carbocycles. The Labute approximate surface area is 145 Å². The van der Waals surface area contributed by atoms with Crippen molar-refractivity contribution in [1.82, 2.24) is 4.98 Å². The second kappa shape index (κ2) is 6.93. The monoisotopic (exact) mass is 362 g/mol. The summed E-state index contributed by atoms with van der Waals surface area (Å²) in [5.41, 5.74) is -1.48. The second-order valence-electron chi connectivity index (χ2n) is 6.77. The maximum atomic E-state index is 12.4. The molecular weight excluding hydrogens is 343 g/mol. The Morgan fingerprint density at radius 3 is 1.57 bits per heavy atom. The van der Waals surface area contributed by atoms with Gasteiger partial charge in [-0.25, -0.2) is 14.6 Å². The molecule has 0 aliphatic carbocycles. The molecule has 0 N–H and O–H groups in total. The molecule has 0 saturated carbocycles. The van der Waals surface area contributed by atoms with Gasteiger partial charge in [0.05, 0.1) is 5.69 Å². The van der Waals surface area contributed by atoms with Gasteiger partial charge in [0.1, 0.15) is 21.5 Å². The van der Waals surface area contributed by atoms with Crippen molar-refractivity contribution >= 4 is 41.1 Å². The van der Waals surface area contributed by atoms with Gasteiger partial charge in [0, 0.05) is 12.1 Å². The predicted molar refractivity (Wildman–Crippen MR) is 89.2 cm³/mol. The summed E-state index contributed by atoms with van der Waals surface area (Å²) in [5, 5.41) is 0.0641. The van der Waals surface area contributed by atoms with Crippen LogP contribution >= 0.6 is 23.2 Å². The highest BCUT2D eigenvalue weighted by Crippen LogP contribution is 2.26. The van der Waals surface area contributed by atoms with Gasteiger partial charge in [-0.15, -0.1) is 0 Å². The van der Waals surface area contributed by atoms with E-state index in [0.29, 0.717) is 0 Å². The Balaban J connectivity index is 3.25. The van der Waals surface area contributed by atoms with Crippen molar-refractivity contribution in [2.24, 2.45) is 0 Å². The van der Waals surface area contributed by atoms with Crippen molar-refractivity contribution in [1.29, 1.82) is 0 Å². The third-order valence-electron chi connectivity index (χ3n) is 2.16. The van der Waals surface area contributed by atoms with E-state index in [-0.39, 0.29) is 16.0 Å². The van der Waals surface area contributed by atoms with Gasteiger partial charge in [-0.3, -0.25) is 0 Å². The Morgan fingerprint density at radius 1 is 0.913 bits per heavy atom. The number of pyridine rings is 1. The number of halogens is 2. The summed E-state index contributed by atoms with van der Waals surface area (Å²) < 4.78 is 10.5. The molecule has 23 heavy (non-hydrogen) atoms. The first kappa shape index (κ1) is 19.5. The molecule has 0 aliphatic rings. The first-order chi connectivity index (χ1) is 10.3. The first-order valence-corrected chi connectivity index (χ1v) is 7.63. The molecule has 0 atom stereocenters. The van der Waals surface area contributed by atoms with Crippen molar-refractivity contribution in [2.45, 2.75) is 52.7 Å². The van der Waals surface area contributed by atoms with Gasteiger partial charge >= 0.3 is 12.2 Å². The molecule has 2 amide bonds. The van der Waals surface area contributed by atoms with Crippen LogP contribution < -0.4 is 4.90 Å². The van der Waals surface area contributed by atoms with Crippen LogP contribution in [0.5, 0.6) is 0 Å². The molecule has 1 aromatic rings. The van der Waals surface area contributed by atoms with Crippen LogP contribution in [0.25, 0.3) is 0 Å². The molecule has 0 bridgehead atoms. The Morgan fingerprint density at radius 2 is 1.26 bits per heavy atom. The topological polar surface area (TPSA) is 68.7 Å². The fourth-order valence-corrected chi connectivity index (χ4v) is 1.93. The number of aromatic nitrogens is 1. The molecule has 0 spiro atoms. The molecule has 8 heteroatoms.